The second-order valence-corrected chi connectivity index (χ2v) is 4.02. The fraction of sp³-hybridized carbons (Fsp3) is 0.455. The zero-order valence-corrected chi connectivity index (χ0v) is 9.30. The van der Waals surface area contributed by atoms with Crippen LogP contribution in [-0.2, 0) is 0 Å². The van der Waals surface area contributed by atoms with Crippen LogP contribution < -0.4 is 5.32 Å². The Bertz CT molecular complexity index is 363. The highest BCUT2D eigenvalue weighted by atomic mass is 35.5. The predicted octanol–water partition coefficient (Wildman–Crippen LogP) is 3.04. The molecular formula is C11H14ClN3. The predicted molar refractivity (Wildman–Crippen MR) is 62.1 cm³/mol. The highest BCUT2D eigenvalue weighted by Gasteiger charge is 2.05. The summed E-state index contributed by atoms with van der Waals surface area (Å²) in [6, 6.07) is 0. The van der Waals surface area contributed by atoms with E-state index in [1.165, 1.54) is 31.3 Å². The third-order valence-electron chi connectivity index (χ3n) is 2.52. The maximum Gasteiger partial charge on any atom is 0.171 e. The van der Waals surface area contributed by atoms with E-state index in [1.54, 1.807) is 12.4 Å². The molecule has 0 spiro atoms. The molecule has 0 radical (unpaired) electrons. The summed E-state index contributed by atoms with van der Waals surface area (Å²) in [7, 11) is 0. The lowest BCUT2D eigenvalue weighted by Crippen LogP contribution is -2.08. The Labute approximate surface area is 94.6 Å². The number of rotatable bonds is 3. The van der Waals surface area contributed by atoms with Gasteiger partial charge in [-0.15, -0.1) is 0 Å². The molecule has 0 saturated heterocycles. The minimum atomic E-state index is 0.439. The quantitative estimate of drug-likeness (QED) is 0.801. The van der Waals surface area contributed by atoms with Crippen LogP contribution in [0.5, 0.6) is 0 Å². The van der Waals surface area contributed by atoms with Crippen LogP contribution in [-0.4, -0.2) is 16.5 Å². The van der Waals surface area contributed by atoms with Crippen molar-refractivity contribution in [3.8, 4) is 0 Å². The highest BCUT2D eigenvalue weighted by molar-refractivity contribution is 6.31. The number of hydrogen-bond acceptors (Lipinski definition) is 3. The summed E-state index contributed by atoms with van der Waals surface area (Å²) in [5.41, 5.74) is 1.45. The molecule has 0 bridgehead atoms. The molecule has 0 aromatic carbocycles. The van der Waals surface area contributed by atoms with Gasteiger partial charge in [-0.2, -0.15) is 0 Å². The molecule has 0 amide bonds. The lowest BCUT2D eigenvalue weighted by Gasteiger charge is -2.13. The molecule has 3 nitrogen and oxygen atoms in total. The molecular weight excluding hydrogens is 210 g/mol. The zero-order chi connectivity index (χ0) is 10.5. The van der Waals surface area contributed by atoms with E-state index in [0.29, 0.717) is 11.0 Å². The molecule has 2 rings (SSSR count). The summed E-state index contributed by atoms with van der Waals surface area (Å²) in [4.78, 5) is 8.09. The molecule has 1 aliphatic rings. The van der Waals surface area contributed by atoms with Gasteiger partial charge in [0.05, 0.1) is 0 Å². The van der Waals surface area contributed by atoms with Crippen molar-refractivity contribution in [3.63, 3.8) is 0 Å². The largest absolute Gasteiger partial charge is 0.364 e. The van der Waals surface area contributed by atoms with Crippen LogP contribution in [0.25, 0.3) is 0 Å². The van der Waals surface area contributed by atoms with Crippen molar-refractivity contribution < 1.29 is 0 Å². The van der Waals surface area contributed by atoms with Crippen LogP contribution in [0, 0.1) is 0 Å². The summed E-state index contributed by atoms with van der Waals surface area (Å²) >= 11 is 5.89. The summed E-state index contributed by atoms with van der Waals surface area (Å²) in [6.07, 6.45) is 10.5. The smallest absolute Gasteiger partial charge is 0.171 e. The van der Waals surface area contributed by atoms with Crippen molar-refractivity contribution in [1.29, 1.82) is 0 Å². The summed E-state index contributed by atoms with van der Waals surface area (Å²) in [6.45, 7) is 0.832. The van der Waals surface area contributed by atoms with Gasteiger partial charge in [0, 0.05) is 18.9 Å². The van der Waals surface area contributed by atoms with Gasteiger partial charge in [-0.3, -0.25) is 0 Å². The van der Waals surface area contributed by atoms with Crippen LogP contribution >= 0.6 is 11.6 Å². The van der Waals surface area contributed by atoms with E-state index >= 15 is 0 Å². The fourth-order valence-corrected chi connectivity index (χ4v) is 1.87. The first-order chi connectivity index (χ1) is 7.36. The van der Waals surface area contributed by atoms with Gasteiger partial charge in [0.15, 0.2) is 11.0 Å². The van der Waals surface area contributed by atoms with Crippen molar-refractivity contribution in [2.75, 3.05) is 11.9 Å². The molecule has 0 atom stereocenters. The van der Waals surface area contributed by atoms with Crippen molar-refractivity contribution in [1.82, 2.24) is 9.97 Å². The average molecular weight is 224 g/mol. The van der Waals surface area contributed by atoms with Gasteiger partial charge in [0.2, 0.25) is 0 Å². The van der Waals surface area contributed by atoms with E-state index in [4.69, 9.17) is 11.6 Å². The number of nitrogens with zero attached hydrogens (tertiary/aromatic N) is 2. The lowest BCUT2D eigenvalue weighted by atomic mass is 10.00. The van der Waals surface area contributed by atoms with Gasteiger partial charge in [-0.25, -0.2) is 9.97 Å². The maximum absolute atomic E-state index is 5.89. The summed E-state index contributed by atoms with van der Waals surface area (Å²) in [5, 5.41) is 3.65. The molecule has 1 heterocycles. The van der Waals surface area contributed by atoms with Crippen molar-refractivity contribution in [2.24, 2.45) is 0 Å². The Kier molecular flexibility index (Phi) is 3.56. The SMILES string of the molecule is Clc1nccnc1NCC1=CCCCC1. The number of aromatic nitrogens is 2. The Morgan fingerprint density at radius 2 is 2.13 bits per heavy atom. The van der Waals surface area contributed by atoms with Crippen LogP contribution in [0.15, 0.2) is 24.0 Å². The second kappa shape index (κ2) is 5.12. The molecule has 1 aromatic heterocycles. The average Bonchev–Trinajstić information content (AvgIpc) is 2.29. The molecule has 1 N–H and O–H groups in total. The third kappa shape index (κ3) is 2.93. The fourth-order valence-electron chi connectivity index (χ4n) is 1.70. The highest BCUT2D eigenvalue weighted by Crippen LogP contribution is 2.19. The Morgan fingerprint density at radius 3 is 2.87 bits per heavy atom. The first kappa shape index (κ1) is 10.4. The zero-order valence-electron chi connectivity index (χ0n) is 8.54. The summed E-state index contributed by atoms with van der Waals surface area (Å²) in [5.74, 6) is 0.672. The van der Waals surface area contributed by atoms with Crippen molar-refractivity contribution in [2.45, 2.75) is 25.7 Å². The van der Waals surface area contributed by atoms with Gasteiger partial charge in [-0.1, -0.05) is 23.3 Å². The van der Waals surface area contributed by atoms with Crippen molar-refractivity contribution in [3.05, 3.63) is 29.2 Å². The van der Waals surface area contributed by atoms with Gasteiger partial charge in [0.25, 0.3) is 0 Å². The molecule has 0 unspecified atom stereocenters. The monoisotopic (exact) mass is 223 g/mol. The van der Waals surface area contributed by atoms with Crippen LogP contribution in [0.4, 0.5) is 5.82 Å². The van der Waals surface area contributed by atoms with Gasteiger partial charge >= 0.3 is 0 Å². The molecule has 0 fully saturated rings. The first-order valence-corrected chi connectivity index (χ1v) is 5.62. The lowest BCUT2D eigenvalue weighted by molar-refractivity contribution is 0.695. The molecule has 15 heavy (non-hydrogen) atoms. The van der Waals surface area contributed by atoms with Crippen molar-refractivity contribution >= 4 is 17.4 Å². The Hall–Kier alpha value is -1.09. The minimum absolute atomic E-state index is 0.439. The maximum atomic E-state index is 5.89. The topological polar surface area (TPSA) is 37.8 Å². The molecule has 1 aliphatic carbocycles. The normalized spacial score (nSPS) is 15.9. The van der Waals surface area contributed by atoms with E-state index in [-0.39, 0.29) is 0 Å². The van der Waals surface area contributed by atoms with E-state index in [0.717, 1.165) is 6.54 Å². The van der Waals surface area contributed by atoms with Crippen LogP contribution in [0.3, 0.4) is 0 Å². The summed E-state index contributed by atoms with van der Waals surface area (Å²) < 4.78 is 0. The molecule has 80 valence electrons. The van der Waals surface area contributed by atoms with E-state index in [1.807, 2.05) is 0 Å². The van der Waals surface area contributed by atoms with Crippen LogP contribution in [0.2, 0.25) is 5.15 Å². The number of hydrogen-bond donors (Lipinski definition) is 1. The first-order valence-electron chi connectivity index (χ1n) is 5.24. The second-order valence-electron chi connectivity index (χ2n) is 3.66. The number of allylic oxidation sites excluding steroid dienone is 1. The Morgan fingerprint density at radius 1 is 1.27 bits per heavy atom. The van der Waals surface area contributed by atoms with Crippen LogP contribution in [0.1, 0.15) is 25.7 Å². The number of nitrogens with one attached hydrogen (secondary N) is 1. The molecule has 0 saturated carbocycles. The van der Waals surface area contributed by atoms with Gasteiger partial charge in [0.1, 0.15) is 0 Å². The molecule has 1 aromatic rings. The van der Waals surface area contributed by atoms with Gasteiger partial charge < -0.3 is 5.32 Å². The van der Waals surface area contributed by atoms with E-state index in [2.05, 4.69) is 21.4 Å². The number of halogens is 1. The van der Waals surface area contributed by atoms with E-state index in [9.17, 15) is 0 Å². The Balaban J connectivity index is 1.93. The van der Waals surface area contributed by atoms with Gasteiger partial charge in [-0.05, 0) is 25.7 Å². The molecule has 0 aliphatic heterocycles. The third-order valence-corrected chi connectivity index (χ3v) is 2.80. The number of anilines is 1. The standard InChI is InChI=1S/C11H14ClN3/c12-10-11(14-7-6-13-10)15-8-9-4-2-1-3-5-9/h4,6-7H,1-3,5,8H2,(H,14,15). The minimum Gasteiger partial charge on any atom is -0.364 e. The van der Waals surface area contributed by atoms with E-state index < -0.39 is 0 Å². The molecule has 4 heteroatoms.